The van der Waals surface area contributed by atoms with Gasteiger partial charge in [0, 0.05) is 0 Å². The van der Waals surface area contributed by atoms with Gasteiger partial charge >= 0.3 is 12.3 Å². The van der Waals surface area contributed by atoms with Gasteiger partial charge in [-0.1, -0.05) is 0 Å². The van der Waals surface area contributed by atoms with Crippen LogP contribution in [0.4, 0.5) is 17.6 Å². The van der Waals surface area contributed by atoms with Gasteiger partial charge in [0.25, 0.3) is 0 Å². The Kier molecular flexibility index (Phi) is 5.43. The van der Waals surface area contributed by atoms with Crippen LogP contribution < -0.4 is 4.90 Å². The Morgan fingerprint density at radius 2 is 1.88 bits per heavy atom. The summed E-state index contributed by atoms with van der Waals surface area (Å²) in [6.45, 7) is 2.28. The highest BCUT2D eigenvalue weighted by molar-refractivity contribution is 4.67. The Labute approximate surface area is 91.3 Å². The fourth-order valence-electron chi connectivity index (χ4n) is 1.40. The predicted octanol–water partition coefficient (Wildman–Crippen LogP) is -0.182. The van der Waals surface area contributed by atoms with Crippen molar-refractivity contribution in [3.05, 3.63) is 0 Å². The SMILES string of the molecule is FC(F)C(F)(F)COCC[NH+]1CCOCC1. The molecule has 16 heavy (non-hydrogen) atoms. The lowest BCUT2D eigenvalue weighted by Gasteiger charge is -2.24. The van der Waals surface area contributed by atoms with Gasteiger partial charge in [-0.3, -0.25) is 0 Å². The number of ether oxygens (including phenoxy) is 2. The molecule has 3 nitrogen and oxygen atoms in total. The van der Waals surface area contributed by atoms with Crippen LogP contribution in [0.25, 0.3) is 0 Å². The standard InChI is InChI=1S/C9H15F4NO2/c10-8(11)9(12,13)7-16-6-3-14-1-4-15-5-2-14/h8H,1-7H2/p+1. The maximum Gasteiger partial charge on any atom is 0.330 e. The molecule has 0 saturated carbocycles. The van der Waals surface area contributed by atoms with E-state index in [1.54, 1.807) is 0 Å². The summed E-state index contributed by atoms with van der Waals surface area (Å²) in [5.74, 6) is -4.04. The van der Waals surface area contributed by atoms with Gasteiger partial charge in [0.2, 0.25) is 0 Å². The van der Waals surface area contributed by atoms with Gasteiger partial charge < -0.3 is 14.4 Å². The van der Waals surface area contributed by atoms with Gasteiger partial charge in [-0.25, -0.2) is 8.78 Å². The van der Waals surface area contributed by atoms with Gasteiger partial charge in [0.15, 0.2) is 0 Å². The number of hydrogen-bond donors (Lipinski definition) is 1. The Balaban J connectivity index is 2.06. The van der Waals surface area contributed by atoms with E-state index in [0.717, 1.165) is 13.1 Å². The van der Waals surface area contributed by atoms with Crippen molar-refractivity contribution in [1.29, 1.82) is 0 Å². The van der Waals surface area contributed by atoms with Crippen molar-refractivity contribution in [3.8, 4) is 0 Å². The molecule has 0 radical (unpaired) electrons. The molecule has 96 valence electrons. The monoisotopic (exact) mass is 246 g/mol. The van der Waals surface area contributed by atoms with Crippen LogP contribution in [0, 0.1) is 0 Å². The minimum absolute atomic E-state index is 0.0671. The smallest absolute Gasteiger partial charge is 0.330 e. The normalized spacial score (nSPS) is 19.3. The van der Waals surface area contributed by atoms with Crippen LogP contribution in [0.2, 0.25) is 0 Å². The minimum Gasteiger partial charge on any atom is -0.370 e. The van der Waals surface area contributed by atoms with Crippen molar-refractivity contribution in [2.75, 3.05) is 46.1 Å². The van der Waals surface area contributed by atoms with Gasteiger partial charge in [0.1, 0.15) is 26.2 Å². The number of nitrogens with one attached hydrogen (secondary N) is 1. The third-order valence-electron chi connectivity index (χ3n) is 2.41. The van der Waals surface area contributed by atoms with E-state index in [-0.39, 0.29) is 6.61 Å². The van der Waals surface area contributed by atoms with E-state index in [9.17, 15) is 17.6 Å². The topological polar surface area (TPSA) is 22.9 Å². The average Bonchev–Trinajstić information content (AvgIpc) is 2.26. The largest absolute Gasteiger partial charge is 0.370 e. The highest BCUT2D eigenvalue weighted by atomic mass is 19.3. The maximum absolute atomic E-state index is 12.4. The molecule has 0 aromatic heterocycles. The van der Waals surface area contributed by atoms with E-state index in [1.165, 1.54) is 4.90 Å². The van der Waals surface area contributed by atoms with Gasteiger partial charge in [-0.15, -0.1) is 0 Å². The Morgan fingerprint density at radius 3 is 2.44 bits per heavy atom. The van der Waals surface area contributed by atoms with E-state index in [0.29, 0.717) is 19.8 Å². The number of halogens is 4. The van der Waals surface area contributed by atoms with Crippen LogP contribution in [-0.2, 0) is 9.47 Å². The molecule has 0 amide bonds. The van der Waals surface area contributed by atoms with Gasteiger partial charge in [-0.2, -0.15) is 8.78 Å². The highest BCUT2D eigenvalue weighted by Gasteiger charge is 2.40. The van der Waals surface area contributed by atoms with E-state index in [2.05, 4.69) is 4.74 Å². The Hall–Kier alpha value is -0.400. The fraction of sp³-hybridized carbons (Fsp3) is 1.00. The lowest BCUT2D eigenvalue weighted by molar-refractivity contribution is -0.908. The second-order valence-corrected chi connectivity index (χ2v) is 3.73. The molecule has 1 saturated heterocycles. The summed E-state index contributed by atoms with van der Waals surface area (Å²) >= 11 is 0. The molecule has 0 aliphatic carbocycles. The molecule has 0 aromatic rings. The summed E-state index contributed by atoms with van der Waals surface area (Å²) < 4.78 is 58.0. The zero-order valence-corrected chi connectivity index (χ0v) is 8.86. The molecule has 1 aliphatic heterocycles. The lowest BCUT2D eigenvalue weighted by Crippen LogP contribution is -3.14. The third kappa shape index (κ3) is 4.63. The number of hydrogen-bond acceptors (Lipinski definition) is 2. The molecule has 1 fully saturated rings. The van der Waals surface area contributed by atoms with Crippen molar-refractivity contribution in [1.82, 2.24) is 0 Å². The molecule has 0 bridgehead atoms. The van der Waals surface area contributed by atoms with Crippen LogP contribution >= 0.6 is 0 Å². The molecule has 0 unspecified atom stereocenters. The fourth-order valence-corrected chi connectivity index (χ4v) is 1.40. The van der Waals surface area contributed by atoms with Crippen molar-refractivity contribution >= 4 is 0 Å². The first kappa shape index (κ1) is 13.7. The molecule has 0 aromatic carbocycles. The van der Waals surface area contributed by atoms with E-state index >= 15 is 0 Å². The minimum atomic E-state index is -4.04. The zero-order valence-electron chi connectivity index (χ0n) is 8.86. The van der Waals surface area contributed by atoms with Crippen LogP contribution in [0.5, 0.6) is 0 Å². The van der Waals surface area contributed by atoms with Crippen molar-refractivity contribution < 1.29 is 31.9 Å². The molecular formula is C9H16F4NO2+. The average molecular weight is 246 g/mol. The summed E-state index contributed by atoms with van der Waals surface area (Å²) in [6.07, 6.45) is -3.66. The second-order valence-electron chi connectivity index (χ2n) is 3.73. The van der Waals surface area contributed by atoms with Crippen molar-refractivity contribution in [3.63, 3.8) is 0 Å². The molecule has 7 heteroatoms. The number of rotatable bonds is 6. The van der Waals surface area contributed by atoms with Crippen LogP contribution in [0.3, 0.4) is 0 Å². The van der Waals surface area contributed by atoms with E-state index in [1.807, 2.05) is 0 Å². The summed E-state index contributed by atoms with van der Waals surface area (Å²) in [4.78, 5) is 1.19. The summed E-state index contributed by atoms with van der Waals surface area (Å²) in [7, 11) is 0. The molecule has 0 atom stereocenters. The maximum atomic E-state index is 12.4. The first-order valence-corrected chi connectivity index (χ1v) is 5.17. The Bertz CT molecular complexity index is 198. The molecule has 1 N–H and O–H groups in total. The van der Waals surface area contributed by atoms with Gasteiger partial charge in [-0.05, 0) is 0 Å². The number of quaternary nitrogens is 1. The van der Waals surface area contributed by atoms with Crippen molar-refractivity contribution in [2.24, 2.45) is 0 Å². The Morgan fingerprint density at radius 1 is 1.25 bits per heavy atom. The first-order valence-electron chi connectivity index (χ1n) is 5.17. The quantitative estimate of drug-likeness (QED) is 0.519. The summed E-state index contributed by atoms with van der Waals surface area (Å²) in [6, 6.07) is 0. The predicted molar refractivity (Wildman–Crippen MR) is 48.2 cm³/mol. The van der Waals surface area contributed by atoms with Crippen molar-refractivity contribution in [2.45, 2.75) is 12.3 Å². The van der Waals surface area contributed by atoms with Gasteiger partial charge in [0.05, 0.1) is 19.8 Å². The summed E-state index contributed by atoms with van der Waals surface area (Å²) in [5.41, 5.74) is 0. The molecule has 0 spiro atoms. The molecular weight excluding hydrogens is 230 g/mol. The summed E-state index contributed by atoms with van der Waals surface area (Å²) in [5, 5.41) is 0. The number of morpholine rings is 1. The van der Waals surface area contributed by atoms with Crippen LogP contribution in [0.1, 0.15) is 0 Å². The zero-order chi connectivity index (χ0) is 12.0. The van der Waals surface area contributed by atoms with Crippen LogP contribution in [-0.4, -0.2) is 58.4 Å². The second kappa shape index (κ2) is 6.36. The van der Waals surface area contributed by atoms with E-state index in [4.69, 9.17) is 4.74 Å². The lowest BCUT2D eigenvalue weighted by atomic mass is 10.4. The number of alkyl halides is 4. The molecule has 1 rings (SSSR count). The first-order chi connectivity index (χ1) is 7.52. The van der Waals surface area contributed by atoms with E-state index < -0.39 is 19.0 Å². The highest BCUT2D eigenvalue weighted by Crippen LogP contribution is 2.22. The third-order valence-corrected chi connectivity index (χ3v) is 2.41. The van der Waals surface area contributed by atoms with Crippen LogP contribution in [0.15, 0.2) is 0 Å². The molecule has 1 aliphatic rings. The molecule has 1 heterocycles.